The molecule has 200 valence electrons. The molecule has 10 nitrogen and oxygen atoms in total. The Balaban J connectivity index is 1.53. The van der Waals surface area contributed by atoms with Gasteiger partial charge in [0.05, 0.1) is 0 Å². The molecule has 37 heavy (non-hydrogen) atoms. The maximum absolute atomic E-state index is 13.5. The van der Waals surface area contributed by atoms with Crippen molar-refractivity contribution in [3.8, 4) is 11.3 Å². The molecule has 4 rings (SSSR count). The Bertz CT molecular complexity index is 1240. The lowest BCUT2D eigenvalue weighted by Gasteiger charge is -2.40. The predicted molar refractivity (Wildman–Crippen MR) is 117 cm³/mol. The summed E-state index contributed by atoms with van der Waals surface area (Å²) in [6.07, 6.45) is -6.55. The van der Waals surface area contributed by atoms with Crippen molar-refractivity contribution in [2.45, 2.75) is 38.5 Å². The molecule has 1 fully saturated rings. The van der Waals surface area contributed by atoms with Crippen LogP contribution < -0.4 is 4.90 Å². The van der Waals surface area contributed by atoms with E-state index in [0.29, 0.717) is 17.2 Å². The van der Waals surface area contributed by atoms with Crippen molar-refractivity contribution in [3.05, 3.63) is 35.4 Å². The van der Waals surface area contributed by atoms with Gasteiger partial charge in [-0.25, -0.2) is 24.6 Å². The first kappa shape index (κ1) is 26.7. The van der Waals surface area contributed by atoms with Crippen molar-refractivity contribution in [1.29, 1.82) is 0 Å². The number of anilines is 1. The molecule has 0 N–H and O–H groups in total. The van der Waals surface area contributed by atoms with Gasteiger partial charge in [0.1, 0.15) is 30.2 Å². The van der Waals surface area contributed by atoms with Crippen LogP contribution in [0.5, 0.6) is 0 Å². The van der Waals surface area contributed by atoms with Crippen LogP contribution in [-0.2, 0) is 35.0 Å². The van der Waals surface area contributed by atoms with E-state index in [1.165, 1.54) is 18.1 Å². The van der Waals surface area contributed by atoms with Crippen LogP contribution in [0.2, 0.25) is 0 Å². The largest absolute Gasteiger partial charge is 0.451 e. The minimum atomic E-state index is -4.80. The maximum atomic E-state index is 13.5. The Labute approximate surface area is 209 Å². The smallest absolute Gasteiger partial charge is 0.377 e. The molecule has 0 bridgehead atoms. The fraction of sp³-hybridized carbons (Fsp3) is 0.500. The van der Waals surface area contributed by atoms with Gasteiger partial charge in [-0.1, -0.05) is 11.3 Å². The molecule has 1 saturated heterocycles. The molecule has 0 aromatic carbocycles. The van der Waals surface area contributed by atoms with Gasteiger partial charge in [0, 0.05) is 50.7 Å². The number of halogens is 6. The lowest BCUT2D eigenvalue weighted by molar-refractivity contribution is -0.145. The first-order valence-corrected chi connectivity index (χ1v) is 11.6. The van der Waals surface area contributed by atoms with Crippen LogP contribution >= 0.6 is 11.3 Å². The molecule has 4 heterocycles. The van der Waals surface area contributed by atoms with E-state index in [1.54, 1.807) is 16.7 Å². The van der Waals surface area contributed by atoms with Gasteiger partial charge in [0.25, 0.3) is 0 Å². The number of hydrogen-bond acceptors (Lipinski definition) is 9. The Hall–Kier alpha value is -3.34. The highest BCUT2D eigenvalue weighted by Gasteiger charge is 2.39. The Morgan fingerprint density at radius 2 is 1.81 bits per heavy atom. The molecule has 0 unspecified atom stereocenters. The van der Waals surface area contributed by atoms with Gasteiger partial charge in [-0.15, -0.1) is 0 Å². The topological polar surface area (TPSA) is 102 Å². The number of aromatic nitrogens is 6. The molecule has 1 amide bonds. The molecule has 0 radical (unpaired) electrons. The van der Waals surface area contributed by atoms with E-state index in [0.717, 1.165) is 12.4 Å². The number of hydrogen-bond donors (Lipinski definition) is 0. The lowest BCUT2D eigenvalue weighted by atomic mass is 10.1. The van der Waals surface area contributed by atoms with Crippen molar-refractivity contribution in [1.82, 2.24) is 34.6 Å². The number of alkyl halides is 6. The zero-order valence-electron chi connectivity index (χ0n) is 19.4. The zero-order chi connectivity index (χ0) is 27.0. The van der Waals surface area contributed by atoms with Gasteiger partial charge in [-0.05, 0) is 6.92 Å². The average Bonchev–Trinajstić information content (AvgIpc) is 3.46. The van der Waals surface area contributed by atoms with E-state index < -0.39 is 29.2 Å². The van der Waals surface area contributed by atoms with Crippen LogP contribution in [0.3, 0.4) is 0 Å². The first-order valence-electron chi connectivity index (χ1n) is 10.8. The van der Waals surface area contributed by atoms with E-state index in [1.807, 2.05) is 0 Å². The monoisotopic (exact) mass is 550 g/mol. The van der Waals surface area contributed by atoms with Crippen molar-refractivity contribution in [2.75, 3.05) is 31.6 Å². The molecule has 0 spiro atoms. The van der Waals surface area contributed by atoms with Crippen LogP contribution in [0.4, 0.5) is 31.3 Å². The van der Waals surface area contributed by atoms with E-state index in [9.17, 15) is 31.1 Å². The number of carbonyl (C=O) groups excluding carboxylic acids is 1. The van der Waals surface area contributed by atoms with Crippen LogP contribution in [0.15, 0.2) is 18.7 Å². The molecule has 3 aromatic heterocycles. The van der Waals surface area contributed by atoms with Crippen molar-refractivity contribution < 1.29 is 35.9 Å². The van der Waals surface area contributed by atoms with Crippen LogP contribution in [0.1, 0.15) is 23.6 Å². The number of nitrogens with zero attached hydrogens (tertiary/aromatic N) is 8. The fourth-order valence-electron chi connectivity index (χ4n) is 3.78. The first-order chi connectivity index (χ1) is 17.4. The highest BCUT2D eigenvalue weighted by molar-refractivity contribution is 7.16. The number of carbonyl (C=O) groups is 1. The maximum Gasteiger partial charge on any atom is 0.451 e. The van der Waals surface area contributed by atoms with Gasteiger partial charge in [0.15, 0.2) is 5.82 Å². The molecule has 1 aliphatic heterocycles. The Kier molecular flexibility index (Phi) is 7.36. The number of ether oxygens (including phenoxy) is 1. The quantitative estimate of drug-likeness (QED) is 0.432. The molecule has 17 heteroatoms. The Morgan fingerprint density at radius 3 is 2.41 bits per heavy atom. The Morgan fingerprint density at radius 1 is 1.11 bits per heavy atom. The van der Waals surface area contributed by atoms with Crippen LogP contribution in [0.25, 0.3) is 11.3 Å². The second kappa shape index (κ2) is 10.2. The van der Waals surface area contributed by atoms with Gasteiger partial charge in [-0.2, -0.15) is 31.4 Å². The van der Waals surface area contributed by atoms with Crippen molar-refractivity contribution in [2.24, 2.45) is 0 Å². The van der Waals surface area contributed by atoms with Crippen LogP contribution in [-0.4, -0.2) is 73.3 Å². The summed E-state index contributed by atoms with van der Waals surface area (Å²) in [6.45, 7) is 2.41. The third-order valence-corrected chi connectivity index (χ3v) is 6.58. The molecule has 3 aromatic rings. The lowest BCUT2D eigenvalue weighted by Crippen LogP contribution is -2.54. The van der Waals surface area contributed by atoms with Crippen molar-refractivity contribution in [3.63, 3.8) is 0 Å². The minimum absolute atomic E-state index is 0.0754. The number of thiazole rings is 1. The SMILES string of the molecule is COCc1ncn(CC(=O)N2CCN(c3sc(C(F)(F)F)nc3-c3cnc(C(F)(F)F)nc3)C[C@H]2C)n1. The summed E-state index contributed by atoms with van der Waals surface area (Å²) in [5.74, 6) is -1.25. The summed E-state index contributed by atoms with van der Waals surface area (Å²) in [5, 5.41) is 3.10. The summed E-state index contributed by atoms with van der Waals surface area (Å²) in [5.41, 5.74) is -0.259. The number of rotatable bonds is 6. The van der Waals surface area contributed by atoms with E-state index >= 15 is 0 Å². The molecule has 1 atom stereocenters. The van der Waals surface area contributed by atoms with E-state index in [-0.39, 0.29) is 55.0 Å². The fourth-order valence-corrected chi connectivity index (χ4v) is 4.77. The third-order valence-electron chi connectivity index (χ3n) is 5.42. The summed E-state index contributed by atoms with van der Waals surface area (Å²) >= 11 is 0.374. The zero-order valence-corrected chi connectivity index (χ0v) is 20.2. The second-order valence-electron chi connectivity index (χ2n) is 8.14. The molecule has 1 aliphatic rings. The predicted octanol–water partition coefficient (Wildman–Crippen LogP) is 3.11. The van der Waals surface area contributed by atoms with Gasteiger partial charge < -0.3 is 14.5 Å². The number of amides is 1. The van der Waals surface area contributed by atoms with Gasteiger partial charge in [-0.3, -0.25) is 4.79 Å². The third kappa shape index (κ3) is 5.98. The average molecular weight is 550 g/mol. The van der Waals surface area contributed by atoms with E-state index in [4.69, 9.17) is 4.74 Å². The number of methoxy groups -OCH3 is 1. The summed E-state index contributed by atoms with van der Waals surface area (Å²) in [6, 6.07) is -0.392. The van der Waals surface area contributed by atoms with Crippen LogP contribution in [0, 0.1) is 0 Å². The summed E-state index contributed by atoms with van der Waals surface area (Å²) < 4.78 is 85.2. The standard InChI is InChI=1S/C20H20F6N8O2S/c1-11-7-32(3-4-34(11)14(35)8-33-10-29-13(31-33)9-36-2)16-15(30-18(37-16)20(24,25)26)12-5-27-17(28-6-12)19(21,22)23/h5-6,10-11H,3-4,7-9H2,1-2H3/t11-/m1/s1. The molecule has 0 saturated carbocycles. The summed E-state index contributed by atoms with van der Waals surface area (Å²) in [4.78, 5) is 30.2. The van der Waals surface area contributed by atoms with Crippen molar-refractivity contribution >= 4 is 22.2 Å². The second-order valence-corrected chi connectivity index (χ2v) is 9.11. The highest BCUT2D eigenvalue weighted by Crippen LogP contribution is 2.43. The highest BCUT2D eigenvalue weighted by atomic mass is 32.1. The molecule has 0 aliphatic carbocycles. The van der Waals surface area contributed by atoms with E-state index in [2.05, 4.69) is 25.0 Å². The normalized spacial score (nSPS) is 16.9. The van der Waals surface area contributed by atoms with Gasteiger partial charge in [0.2, 0.25) is 16.7 Å². The summed E-state index contributed by atoms with van der Waals surface area (Å²) in [7, 11) is 1.49. The molecular formula is C20H20F6N8O2S. The minimum Gasteiger partial charge on any atom is -0.377 e. The van der Waals surface area contributed by atoms with Gasteiger partial charge >= 0.3 is 12.4 Å². The number of piperazine rings is 1. The molecular weight excluding hydrogens is 530 g/mol.